The van der Waals surface area contributed by atoms with Crippen LogP contribution in [-0.2, 0) is 9.59 Å². The standard InChI is InChI=1S/C33H37N3O6/c1-22-10-8-9-13-26(22)34-16-18-35(19-17-34)32(38)29-25(23-11-6-5-7-12-23)14-15-36(29)33(39)30(37)24-20-27(40-2)31(42-4)28(21-24)41-3/h5-13,20-21,25,29H,14-19H2,1-4H3/t25-,29+/m1/s1. The molecule has 2 heterocycles. The second-order valence-corrected chi connectivity index (χ2v) is 10.6. The summed E-state index contributed by atoms with van der Waals surface area (Å²) >= 11 is 0. The van der Waals surface area contributed by atoms with Crippen molar-refractivity contribution in [3.8, 4) is 17.2 Å². The van der Waals surface area contributed by atoms with Gasteiger partial charge in [-0.3, -0.25) is 14.4 Å². The first-order valence-electron chi connectivity index (χ1n) is 14.2. The molecule has 0 radical (unpaired) electrons. The lowest BCUT2D eigenvalue weighted by atomic mass is 9.90. The number of ether oxygens (including phenoxy) is 3. The summed E-state index contributed by atoms with van der Waals surface area (Å²) in [5.74, 6) is -0.926. The Morgan fingerprint density at radius 2 is 1.38 bits per heavy atom. The highest BCUT2D eigenvalue weighted by atomic mass is 16.5. The maximum atomic E-state index is 14.2. The summed E-state index contributed by atoms with van der Waals surface area (Å²) in [6.45, 7) is 4.84. The van der Waals surface area contributed by atoms with Crippen LogP contribution < -0.4 is 19.1 Å². The Morgan fingerprint density at radius 3 is 1.98 bits per heavy atom. The van der Waals surface area contributed by atoms with Gasteiger partial charge in [-0.25, -0.2) is 0 Å². The molecule has 5 rings (SSSR count). The molecular formula is C33H37N3O6. The Balaban J connectivity index is 1.41. The van der Waals surface area contributed by atoms with Gasteiger partial charge >= 0.3 is 0 Å². The number of likely N-dealkylation sites (tertiary alicyclic amines) is 1. The molecule has 3 aromatic rings. The van der Waals surface area contributed by atoms with E-state index in [4.69, 9.17) is 14.2 Å². The van der Waals surface area contributed by atoms with Crippen LogP contribution in [0.2, 0.25) is 0 Å². The van der Waals surface area contributed by atoms with Crippen LogP contribution in [0.5, 0.6) is 17.2 Å². The predicted molar refractivity (Wildman–Crippen MR) is 160 cm³/mol. The maximum Gasteiger partial charge on any atom is 0.295 e. The van der Waals surface area contributed by atoms with E-state index in [1.807, 2.05) is 47.4 Å². The van der Waals surface area contributed by atoms with Crippen LogP contribution in [0, 0.1) is 6.92 Å². The molecule has 0 N–H and O–H groups in total. The van der Waals surface area contributed by atoms with Crippen LogP contribution in [0.15, 0.2) is 66.7 Å². The van der Waals surface area contributed by atoms with Crippen molar-refractivity contribution in [2.45, 2.75) is 25.3 Å². The van der Waals surface area contributed by atoms with Gasteiger partial charge in [0.1, 0.15) is 6.04 Å². The fraction of sp³-hybridized carbons (Fsp3) is 0.364. The summed E-state index contributed by atoms with van der Waals surface area (Å²) in [4.78, 5) is 47.2. The van der Waals surface area contributed by atoms with Gasteiger partial charge in [-0.1, -0.05) is 48.5 Å². The molecular weight excluding hydrogens is 534 g/mol. The van der Waals surface area contributed by atoms with Gasteiger partial charge in [0.25, 0.3) is 11.7 Å². The lowest BCUT2D eigenvalue weighted by Gasteiger charge is -2.39. The molecule has 2 amide bonds. The van der Waals surface area contributed by atoms with Crippen LogP contribution in [0.3, 0.4) is 0 Å². The fourth-order valence-electron chi connectivity index (χ4n) is 6.11. The van der Waals surface area contributed by atoms with Gasteiger partial charge in [-0.05, 0) is 42.7 Å². The van der Waals surface area contributed by atoms with Crippen LogP contribution in [-0.4, -0.2) is 87.5 Å². The number of benzene rings is 3. The fourth-order valence-corrected chi connectivity index (χ4v) is 6.11. The van der Waals surface area contributed by atoms with Crippen molar-refractivity contribution in [3.63, 3.8) is 0 Å². The number of hydrogen-bond acceptors (Lipinski definition) is 7. The zero-order valence-corrected chi connectivity index (χ0v) is 24.5. The Bertz CT molecular complexity index is 1430. The Morgan fingerprint density at radius 1 is 0.762 bits per heavy atom. The van der Waals surface area contributed by atoms with E-state index in [0.29, 0.717) is 44.9 Å². The quantitative estimate of drug-likeness (QED) is 0.299. The molecule has 0 unspecified atom stereocenters. The summed E-state index contributed by atoms with van der Waals surface area (Å²) in [6, 6.07) is 20.1. The highest BCUT2D eigenvalue weighted by Gasteiger charge is 2.46. The number of hydrogen-bond donors (Lipinski definition) is 0. The third-order valence-electron chi connectivity index (χ3n) is 8.31. The van der Waals surface area contributed by atoms with E-state index in [2.05, 4.69) is 24.0 Å². The number of aryl methyl sites for hydroxylation is 1. The molecule has 2 fully saturated rings. The molecule has 0 bridgehead atoms. The van der Waals surface area contributed by atoms with Crippen molar-refractivity contribution in [2.75, 3.05) is 59.0 Å². The summed E-state index contributed by atoms with van der Waals surface area (Å²) in [5.41, 5.74) is 3.44. The minimum absolute atomic E-state index is 0.107. The lowest BCUT2D eigenvalue weighted by Crippen LogP contribution is -2.56. The molecule has 2 atom stereocenters. The van der Waals surface area contributed by atoms with Crippen LogP contribution in [0.1, 0.15) is 33.8 Å². The second kappa shape index (κ2) is 12.5. The van der Waals surface area contributed by atoms with E-state index in [0.717, 1.165) is 5.56 Å². The number of piperazine rings is 1. The molecule has 2 aliphatic rings. The molecule has 0 aliphatic carbocycles. The van der Waals surface area contributed by atoms with Gasteiger partial charge in [0.2, 0.25) is 11.7 Å². The van der Waals surface area contributed by atoms with E-state index in [1.165, 1.54) is 49.6 Å². The smallest absolute Gasteiger partial charge is 0.295 e. The number of nitrogens with zero attached hydrogens (tertiary/aromatic N) is 3. The number of Topliss-reactive ketones (excluding diaryl/α,β-unsaturated/α-hetero) is 1. The van der Waals surface area contributed by atoms with Crippen LogP contribution in [0.4, 0.5) is 5.69 Å². The average molecular weight is 572 g/mol. The molecule has 2 saturated heterocycles. The number of ketones is 1. The topological polar surface area (TPSA) is 88.6 Å². The molecule has 220 valence electrons. The first kappa shape index (κ1) is 29.0. The number of amides is 2. The number of rotatable bonds is 8. The SMILES string of the molecule is COc1cc(C(=O)C(=O)N2CC[C@H](c3ccccc3)[C@H]2C(=O)N2CCN(c3ccccc3C)CC2)cc(OC)c1OC. The van der Waals surface area contributed by atoms with Gasteiger partial charge in [0.15, 0.2) is 11.5 Å². The minimum atomic E-state index is -0.782. The predicted octanol–water partition coefficient (Wildman–Crippen LogP) is 3.94. The van der Waals surface area contributed by atoms with Crippen molar-refractivity contribution in [1.82, 2.24) is 9.80 Å². The first-order valence-corrected chi connectivity index (χ1v) is 14.2. The molecule has 2 aliphatic heterocycles. The van der Waals surface area contributed by atoms with Gasteiger partial charge < -0.3 is 28.9 Å². The molecule has 0 spiro atoms. The van der Waals surface area contributed by atoms with E-state index in [-0.39, 0.29) is 28.9 Å². The highest BCUT2D eigenvalue weighted by molar-refractivity contribution is 6.43. The van der Waals surface area contributed by atoms with Crippen molar-refractivity contribution >= 4 is 23.3 Å². The van der Waals surface area contributed by atoms with Gasteiger partial charge in [0.05, 0.1) is 21.3 Å². The van der Waals surface area contributed by atoms with Crippen molar-refractivity contribution in [3.05, 3.63) is 83.4 Å². The van der Waals surface area contributed by atoms with E-state index in [1.54, 1.807) is 0 Å². The van der Waals surface area contributed by atoms with E-state index < -0.39 is 17.7 Å². The van der Waals surface area contributed by atoms with Crippen molar-refractivity contribution in [1.29, 1.82) is 0 Å². The normalized spacial score (nSPS) is 18.5. The molecule has 3 aromatic carbocycles. The monoisotopic (exact) mass is 571 g/mol. The molecule has 9 nitrogen and oxygen atoms in total. The number of para-hydroxylation sites is 1. The summed E-state index contributed by atoms with van der Waals surface area (Å²) in [6.07, 6.45) is 0.581. The lowest BCUT2D eigenvalue weighted by molar-refractivity contribution is -0.142. The summed E-state index contributed by atoms with van der Waals surface area (Å²) < 4.78 is 16.1. The first-order chi connectivity index (χ1) is 20.4. The van der Waals surface area contributed by atoms with Gasteiger partial charge in [0, 0.05) is 49.9 Å². The zero-order chi connectivity index (χ0) is 29.8. The molecule has 9 heteroatoms. The Labute approximate surface area is 246 Å². The van der Waals surface area contributed by atoms with E-state index in [9.17, 15) is 14.4 Å². The maximum absolute atomic E-state index is 14.2. The summed E-state index contributed by atoms with van der Waals surface area (Å²) in [7, 11) is 4.37. The summed E-state index contributed by atoms with van der Waals surface area (Å²) in [5, 5.41) is 0. The Kier molecular flexibility index (Phi) is 8.66. The number of methoxy groups -OCH3 is 3. The number of carbonyl (C=O) groups is 3. The third kappa shape index (κ3) is 5.51. The van der Waals surface area contributed by atoms with Crippen molar-refractivity contribution < 1.29 is 28.6 Å². The average Bonchev–Trinajstić information content (AvgIpc) is 3.49. The number of carbonyl (C=O) groups excluding carboxylic acids is 3. The van der Waals surface area contributed by atoms with Crippen molar-refractivity contribution in [2.24, 2.45) is 0 Å². The molecule has 0 saturated carbocycles. The van der Waals surface area contributed by atoms with Crippen LogP contribution >= 0.6 is 0 Å². The van der Waals surface area contributed by atoms with Crippen LogP contribution in [0.25, 0.3) is 0 Å². The molecule has 0 aromatic heterocycles. The highest BCUT2D eigenvalue weighted by Crippen LogP contribution is 2.39. The number of anilines is 1. The largest absolute Gasteiger partial charge is 0.493 e. The van der Waals surface area contributed by atoms with E-state index >= 15 is 0 Å². The van der Waals surface area contributed by atoms with Gasteiger partial charge in [-0.15, -0.1) is 0 Å². The van der Waals surface area contributed by atoms with Gasteiger partial charge in [-0.2, -0.15) is 0 Å². The second-order valence-electron chi connectivity index (χ2n) is 10.6. The minimum Gasteiger partial charge on any atom is -0.493 e. The zero-order valence-electron chi connectivity index (χ0n) is 24.5. The third-order valence-corrected chi connectivity index (χ3v) is 8.31. The Hall–Kier alpha value is -4.53. The molecule has 42 heavy (non-hydrogen) atoms.